The topological polar surface area (TPSA) is 46.6 Å². The van der Waals surface area contributed by atoms with E-state index >= 15 is 0 Å². The predicted molar refractivity (Wildman–Crippen MR) is 72.5 cm³/mol. The first-order valence-electron chi connectivity index (χ1n) is 7.62. The molecular weight excluding hydrogens is 242 g/mol. The standard InChI is InChI=1S/C15H25NO3/c1-3-19-15(18)13-9-4-5-10-16(13)14(17)12-8-6-7-11(12)2/h11-13H,3-10H2,1-2H3. The van der Waals surface area contributed by atoms with Gasteiger partial charge >= 0.3 is 5.97 Å². The zero-order valence-electron chi connectivity index (χ0n) is 12.1. The van der Waals surface area contributed by atoms with Gasteiger partial charge in [-0.25, -0.2) is 4.79 Å². The molecule has 1 amide bonds. The highest BCUT2D eigenvalue weighted by atomic mass is 16.5. The van der Waals surface area contributed by atoms with Gasteiger partial charge in [-0.15, -0.1) is 0 Å². The van der Waals surface area contributed by atoms with Crippen LogP contribution in [0.2, 0.25) is 0 Å². The van der Waals surface area contributed by atoms with Crippen molar-refractivity contribution < 1.29 is 14.3 Å². The van der Waals surface area contributed by atoms with E-state index in [-0.39, 0.29) is 23.8 Å². The summed E-state index contributed by atoms with van der Waals surface area (Å²) in [6, 6.07) is -0.339. The maximum Gasteiger partial charge on any atom is 0.328 e. The molecule has 1 saturated heterocycles. The number of likely N-dealkylation sites (tertiary alicyclic amines) is 1. The van der Waals surface area contributed by atoms with Crippen molar-refractivity contribution in [2.45, 2.75) is 58.4 Å². The number of nitrogens with zero attached hydrogens (tertiary/aromatic N) is 1. The van der Waals surface area contributed by atoms with Crippen LogP contribution in [0.15, 0.2) is 0 Å². The summed E-state index contributed by atoms with van der Waals surface area (Å²) in [6.45, 7) is 5.06. The SMILES string of the molecule is CCOC(=O)C1CCCCN1C(=O)C1CCCC1C. The van der Waals surface area contributed by atoms with Crippen molar-refractivity contribution in [3.8, 4) is 0 Å². The zero-order chi connectivity index (χ0) is 13.8. The average molecular weight is 267 g/mol. The van der Waals surface area contributed by atoms with Crippen molar-refractivity contribution in [3.05, 3.63) is 0 Å². The first-order chi connectivity index (χ1) is 9.15. The van der Waals surface area contributed by atoms with Crippen LogP contribution >= 0.6 is 0 Å². The van der Waals surface area contributed by atoms with Crippen LogP contribution in [0.4, 0.5) is 0 Å². The molecule has 4 heteroatoms. The Bertz CT molecular complexity index is 342. The van der Waals surface area contributed by atoms with Gasteiger partial charge in [-0.2, -0.15) is 0 Å². The van der Waals surface area contributed by atoms with Crippen LogP contribution < -0.4 is 0 Å². The monoisotopic (exact) mass is 267 g/mol. The number of rotatable bonds is 3. The molecule has 0 bridgehead atoms. The molecular formula is C15H25NO3. The van der Waals surface area contributed by atoms with E-state index in [2.05, 4.69) is 6.92 Å². The highest BCUT2D eigenvalue weighted by Gasteiger charge is 2.39. The molecule has 4 nitrogen and oxygen atoms in total. The molecule has 1 heterocycles. The molecule has 1 aliphatic carbocycles. The molecule has 0 N–H and O–H groups in total. The smallest absolute Gasteiger partial charge is 0.328 e. The Morgan fingerprint density at radius 1 is 1.16 bits per heavy atom. The molecule has 19 heavy (non-hydrogen) atoms. The van der Waals surface area contributed by atoms with E-state index < -0.39 is 0 Å². The molecule has 1 saturated carbocycles. The lowest BCUT2D eigenvalue weighted by molar-refractivity contribution is -0.158. The Hall–Kier alpha value is -1.06. The summed E-state index contributed by atoms with van der Waals surface area (Å²) in [5.41, 5.74) is 0. The number of carbonyl (C=O) groups excluding carboxylic acids is 2. The minimum atomic E-state index is -0.339. The molecule has 108 valence electrons. The number of hydrogen-bond acceptors (Lipinski definition) is 3. The maximum atomic E-state index is 12.6. The molecule has 0 radical (unpaired) electrons. The van der Waals surface area contributed by atoms with Crippen molar-refractivity contribution in [3.63, 3.8) is 0 Å². The number of esters is 1. The van der Waals surface area contributed by atoms with Crippen LogP contribution in [-0.2, 0) is 14.3 Å². The third-order valence-electron chi connectivity index (χ3n) is 4.52. The summed E-state index contributed by atoms with van der Waals surface area (Å²) in [5.74, 6) is 0.538. The lowest BCUT2D eigenvalue weighted by Crippen LogP contribution is -2.51. The molecule has 1 aliphatic heterocycles. The fraction of sp³-hybridized carbons (Fsp3) is 0.867. The van der Waals surface area contributed by atoms with Crippen LogP contribution in [0, 0.1) is 11.8 Å². The Morgan fingerprint density at radius 3 is 2.58 bits per heavy atom. The molecule has 0 aromatic rings. The van der Waals surface area contributed by atoms with E-state index in [9.17, 15) is 9.59 Å². The Labute approximate surface area is 115 Å². The largest absolute Gasteiger partial charge is 0.464 e. The van der Waals surface area contributed by atoms with Crippen molar-refractivity contribution in [1.29, 1.82) is 0 Å². The molecule has 3 unspecified atom stereocenters. The van der Waals surface area contributed by atoms with E-state index in [1.165, 1.54) is 0 Å². The summed E-state index contributed by atoms with van der Waals surface area (Å²) >= 11 is 0. The molecule has 2 rings (SSSR count). The second-order valence-electron chi connectivity index (χ2n) is 5.81. The second-order valence-corrected chi connectivity index (χ2v) is 5.81. The maximum absolute atomic E-state index is 12.6. The number of hydrogen-bond donors (Lipinski definition) is 0. The third kappa shape index (κ3) is 3.10. The van der Waals surface area contributed by atoms with E-state index in [4.69, 9.17) is 4.74 Å². The van der Waals surface area contributed by atoms with E-state index in [1.807, 2.05) is 6.92 Å². The van der Waals surface area contributed by atoms with Gasteiger partial charge in [0, 0.05) is 12.5 Å². The Balaban J connectivity index is 2.06. The predicted octanol–water partition coefficient (Wildman–Crippen LogP) is 2.37. The summed E-state index contributed by atoms with van der Waals surface area (Å²) < 4.78 is 5.12. The molecule has 2 aliphatic rings. The Kier molecular flexibility index (Phi) is 4.83. The Morgan fingerprint density at radius 2 is 1.95 bits per heavy atom. The number of piperidine rings is 1. The molecule has 0 aromatic heterocycles. The highest BCUT2D eigenvalue weighted by molar-refractivity contribution is 5.86. The number of ether oxygens (including phenoxy) is 1. The molecule has 2 fully saturated rings. The van der Waals surface area contributed by atoms with Gasteiger partial charge in [0.05, 0.1) is 6.61 Å². The minimum Gasteiger partial charge on any atom is -0.464 e. The summed E-state index contributed by atoms with van der Waals surface area (Å²) in [4.78, 5) is 26.4. The van der Waals surface area contributed by atoms with Gasteiger partial charge in [0.25, 0.3) is 0 Å². The second kappa shape index (κ2) is 6.40. The van der Waals surface area contributed by atoms with Crippen molar-refractivity contribution in [2.75, 3.05) is 13.2 Å². The van der Waals surface area contributed by atoms with Gasteiger partial charge in [0.15, 0.2) is 0 Å². The summed E-state index contributed by atoms with van der Waals surface area (Å²) in [5, 5.41) is 0. The normalized spacial score (nSPS) is 31.3. The van der Waals surface area contributed by atoms with Crippen LogP contribution in [0.1, 0.15) is 52.4 Å². The van der Waals surface area contributed by atoms with E-state index in [0.29, 0.717) is 19.1 Å². The quantitative estimate of drug-likeness (QED) is 0.737. The van der Waals surface area contributed by atoms with Crippen molar-refractivity contribution in [2.24, 2.45) is 11.8 Å². The molecule has 0 aromatic carbocycles. The number of amides is 1. The third-order valence-corrected chi connectivity index (χ3v) is 4.52. The fourth-order valence-corrected chi connectivity index (χ4v) is 3.40. The van der Waals surface area contributed by atoms with Gasteiger partial charge in [-0.05, 0) is 44.9 Å². The lowest BCUT2D eigenvalue weighted by Gasteiger charge is -2.36. The van der Waals surface area contributed by atoms with Crippen molar-refractivity contribution in [1.82, 2.24) is 4.90 Å². The van der Waals surface area contributed by atoms with Gasteiger partial charge in [-0.3, -0.25) is 4.79 Å². The van der Waals surface area contributed by atoms with Crippen LogP contribution in [0.25, 0.3) is 0 Å². The number of carbonyl (C=O) groups is 2. The highest BCUT2D eigenvalue weighted by Crippen LogP contribution is 2.34. The minimum absolute atomic E-state index is 0.120. The zero-order valence-corrected chi connectivity index (χ0v) is 12.1. The van der Waals surface area contributed by atoms with E-state index in [1.54, 1.807) is 4.90 Å². The molecule has 0 spiro atoms. The summed E-state index contributed by atoms with van der Waals surface area (Å²) in [6.07, 6.45) is 6.01. The van der Waals surface area contributed by atoms with E-state index in [0.717, 1.165) is 38.5 Å². The van der Waals surface area contributed by atoms with Crippen LogP contribution in [-0.4, -0.2) is 36.0 Å². The fourth-order valence-electron chi connectivity index (χ4n) is 3.40. The van der Waals surface area contributed by atoms with Crippen LogP contribution in [0.3, 0.4) is 0 Å². The first kappa shape index (κ1) is 14.4. The first-order valence-corrected chi connectivity index (χ1v) is 7.62. The van der Waals surface area contributed by atoms with Gasteiger partial charge in [0.1, 0.15) is 6.04 Å². The summed E-state index contributed by atoms with van der Waals surface area (Å²) in [7, 11) is 0. The van der Waals surface area contributed by atoms with Gasteiger partial charge in [0.2, 0.25) is 5.91 Å². The average Bonchev–Trinajstić information content (AvgIpc) is 2.84. The lowest BCUT2D eigenvalue weighted by atomic mass is 9.93. The van der Waals surface area contributed by atoms with Gasteiger partial charge in [-0.1, -0.05) is 13.3 Å². The van der Waals surface area contributed by atoms with Crippen molar-refractivity contribution >= 4 is 11.9 Å². The van der Waals surface area contributed by atoms with Crippen LogP contribution in [0.5, 0.6) is 0 Å². The molecule has 3 atom stereocenters. The van der Waals surface area contributed by atoms with Gasteiger partial charge < -0.3 is 9.64 Å².